The molecule has 0 aliphatic heterocycles. The van der Waals surface area contributed by atoms with Gasteiger partial charge in [-0.15, -0.1) is 10.2 Å². The van der Waals surface area contributed by atoms with Crippen molar-refractivity contribution in [1.82, 2.24) is 19.9 Å². The number of carbonyl (C=O) groups is 2. The van der Waals surface area contributed by atoms with E-state index in [4.69, 9.17) is 4.74 Å². The molecule has 2 heterocycles. The summed E-state index contributed by atoms with van der Waals surface area (Å²) in [6.45, 7) is 2.58. The van der Waals surface area contributed by atoms with Crippen molar-refractivity contribution < 1.29 is 18.7 Å². The van der Waals surface area contributed by atoms with Crippen LogP contribution in [-0.4, -0.2) is 33.0 Å². The van der Waals surface area contributed by atoms with E-state index in [0.29, 0.717) is 18.1 Å². The lowest BCUT2D eigenvalue weighted by Crippen LogP contribution is -2.24. The third-order valence-corrected chi connectivity index (χ3v) is 3.92. The van der Waals surface area contributed by atoms with Gasteiger partial charge in [0, 0.05) is 19.4 Å². The van der Waals surface area contributed by atoms with E-state index in [9.17, 15) is 14.0 Å². The van der Waals surface area contributed by atoms with E-state index in [-0.39, 0.29) is 43.0 Å². The van der Waals surface area contributed by atoms with Gasteiger partial charge in [0.05, 0.1) is 6.61 Å². The smallest absolute Gasteiger partial charge is 0.238 e. The molecule has 0 bridgehead atoms. The Morgan fingerprint density at radius 2 is 1.82 bits per heavy atom. The van der Waals surface area contributed by atoms with Gasteiger partial charge < -0.3 is 10.1 Å². The average molecular weight is 385 g/mol. The topological polar surface area (TPSA) is 97.6 Å². The number of nitrogens with zero attached hydrogens (tertiary/aromatic N) is 3. The highest BCUT2D eigenvalue weighted by atomic mass is 19.1. The van der Waals surface area contributed by atoms with E-state index in [2.05, 4.69) is 20.8 Å². The van der Waals surface area contributed by atoms with Crippen molar-refractivity contribution in [3.63, 3.8) is 0 Å². The maximum Gasteiger partial charge on any atom is 0.238 e. The second kappa shape index (κ2) is 8.94. The number of ether oxygens (including phenoxy) is 1. The first-order valence-corrected chi connectivity index (χ1v) is 8.84. The summed E-state index contributed by atoms with van der Waals surface area (Å²) in [5.41, 5.74) is 1.32. The predicted molar refractivity (Wildman–Crippen MR) is 100 cm³/mol. The number of anilines is 1. The number of pyridine rings is 1. The molecular formula is C19H20FN5O3. The monoisotopic (exact) mass is 385 g/mol. The zero-order valence-corrected chi connectivity index (χ0v) is 15.3. The second-order valence-electron chi connectivity index (χ2n) is 5.97. The predicted octanol–water partition coefficient (Wildman–Crippen LogP) is 2.30. The van der Waals surface area contributed by atoms with Gasteiger partial charge in [-0.3, -0.25) is 14.9 Å². The van der Waals surface area contributed by atoms with Crippen LogP contribution in [0.15, 0.2) is 42.5 Å². The van der Waals surface area contributed by atoms with Crippen molar-refractivity contribution in [1.29, 1.82) is 0 Å². The van der Waals surface area contributed by atoms with Crippen molar-refractivity contribution in [3.8, 4) is 5.88 Å². The largest absolute Gasteiger partial charge is 0.479 e. The van der Waals surface area contributed by atoms with Gasteiger partial charge in [0.25, 0.3) is 0 Å². The standard InChI is InChI=1S/C19H20FN5O3/c1-2-28-18-5-3-4-15-23-24-19(25(15)18)22-17(27)11-10-16(26)21-12-13-6-8-14(20)9-7-13/h3-9H,2,10-12H2,1H3,(H,21,26)(H,22,24,27). The molecule has 1 aromatic carbocycles. The van der Waals surface area contributed by atoms with Crippen molar-refractivity contribution >= 4 is 23.4 Å². The molecule has 146 valence electrons. The van der Waals surface area contributed by atoms with Crippen LogP contribution < -0.4 is 15.4 Å². The van der Waals surface area contributed by atoms with E-state index in [0.717, 1.165) is 5.56 Å². The Hall–Kier alpha value is -3.49. The molecule has 3 aromatic rings. The van der Waals surface area contributed by atoms with E-state index >= 15 is 0 Å². The summed E-state index contributed by atoms with van der Waals surface area (Å²) >= 11 is 0. The first-order valence-electron chi connectivity index (χ1n) is 8.84. The molecule has 0 radical (unpaired) electrons. The van der Waals surface area contributed by atoms with Gasteiger partial charge in [-0.25, -0.2) is 8.79 Å². The molecule has 3 rings (SSSR count). The van der Waals surface area contributed by atoms with E-state index < -0.39 is 0 Å². The Labute approximate surface area is 160 Å². The second-order valence-corrected chi connectivity index (χ2v) is 5.97. The number of nitrogens with one attached hydrogen (secondary N) is 2. The number of hydrogen-bond donors (Lipinski definition) is 2. The maximum atomic E-state index is 12.9. The number of aromatic nitrogens is 3. The lowest BCUT2D eigenvalue weighted by molar-refractivity contribution is -0.124. The molecular weight excluding hydrogens is 365 g/mol. The van der Waals surface area contributed by atoms with Gasteiger partial charge >= 0.3 is 0 Å². The van der Waals surface area contributed by atoms with Crippen LogP contribution in [0.4, 0.5) is 10.3 Å². The molecule has 0 saturated carbocycles. The summed E-state index contributed by atoms with van der Waals surface area (Å²) in [4.78, 5) is 24.1. The third kappa shape index (κ3) is 4.81. The minimum atomic E-state index is -0.363. The summed E-state index contributed by atoms with van der Waals surface area (Å²) in [7, 11) is 0. The molecule has 0 unspecified atom stereocenters. The average Bonchev–Trinajstić information content (AvgIpc) is 3.10. The Balaban J connectivity index is 1.52. The van der Waals surface area contributed by atoms with Crippen LogP contribution in [0, 0.1) is 5.82 Å². The molecule has 8 nitrogen and oxygen atoms in total. The molecule has 0 aliphatic rings. The fourth-order valence-electron chi connectivity index (χ4n) is 2.56. The first kappa shape index (κ1) is 19.3. The van der Waals surface area contributed by atoms with Gasteiger partial charge in [-0.1, -0.05) is 18.2 Å². The lowest BCUT2D eigenvalue weighted by Gasteiger charge is -2.09. The van der Waals surface area contributed by atoms with E-state index in [1.807, 2.05) is 6.92 Å². The van der Waals surface area contributed by atoms with Crippen LogP contribution in [0.25, 0.3) is 5.65 Å². The SMILES string of the molecule is CCOc1cccc2nnc(NC(=O)CCC(=O)NCc3ccc(F)cc3)n12. The number of benzene rings is 1. The summed E-state index contributed by atoms with van der Waals surface area (Å²) < 4.78 is 20.0. The van der Waals surface area contributed by atoms with Crippen molar-refractivity contribution in [3.05, 3.63) is 53.8 Å². The van der Waals surface area contributed by atoms with Gasteiger partial charge in [-0.05, 0) is 36.8 Å². The Morgan fingerprint density at radius 3 is 2.57 bits per heavy atom. The van der Waals surface area contributed by atoms with E-state index in [1.165, 1.54) is 12.1 Å². The molecule has 0 atom stereocenters. The minimum absolute atomic E-state index is 0.0129. The number of rotatable bonds is 8. The van der Waals surface area contributed by atoms with E-state index in [1.54, 1.807) is 34.7 Å². The van der Waals surface area contributed by atoms with Gasteiger partial charge in [-0.2, -0.15) is 0 Å². The lowest BCUT2D eigenvalue weighted by atomic mass is 10.2. The van der Waals surface area contributed by atoms with Crippen molar-refractivity contribution in [2.24, 2.45) is 0 Å². The molecule has 28 heavy (non-hydrogen) atoms. The molecule has 2 aromatic heterocycles. The molecule has 0 spiro atoms. The molecule has 2 amide bonds. The van der Waals surface area contributed by atoms with Crippen molar-refractivity contribution in [2.45, 2.75) is 26.3 Å². The number of carbonyl (C=O) groups excluding carboxylic acids is 2. The highest BCUT2D eigenvalue weighted by molar-refractivity contribution is 5.92. The van der Waals surface area contributed by atoms with Gasteiger partial charge in [0.2, 0.25) is 23.6 Å². The molecule has 2 N–H and O–H groups in total. The summed E-state index contributed by atoms with van der Waals surface area (Å²) in [5, 5.41) is 13.3. The van der Waals surface area contributed by atoms with Crippen LogP contribution in [0.5, 0.6) is 5.88 Å². The van der Waals surface area contributed by atoms with Crippen LogP contribution in [0.1, 0.15) is 25.3 Å². The van der Waals surface area contributed by atoms with Crippen LogP contribution in [0.3, 0.4) is 0 Å². The normalized spacial score (nSPS) is 10.6. The number of fused-ring (bicyclic) bond motifs is 1. The van der Waals surface area contributed by atoms with Gasteiger partial charge in [0.15, 0.2) is 5.65 Å². The number of amides is 2. The van der Waals surface area contributed by atoms with Crippen LogP contribution in [0.2, 0.25) is 0 Å². The highest BCUT2D eigenvalue weighted by Gasteiger charge is 2.14. The summed E-state index contributed by atoms with van der Waals surface area (Å²) in [6, 6.07) is 11.1. The Kier molecular flexibility index (Phi) is 6.15. The Bertz CT molecular complexity index is 971. The molecule has 9 heteroatoms. The van der Waals surface area contributed by atoms with Crippen molar-refractivity contribution in [2.75, 3.05) is 11.9 Å². The van der Waals surface area contributed by atoms with Crippen LogP contribution in [-0.2, 0) is 16.1 Å². The highest BCUT2D eigenvalue weighted by Crippen LogP contribution is 2.18. The quantitative estimate of drug-likeness (QED) is 0.620. The fraction of sp³-hybridized carbons (Fsp3) is 0.263. The fourth-order valence-corrected chi connectivity index (χ4v) is 2.56. The number of halogens is 1. The zero-order chi connectivity index (χ0) is 19.9. The van der Waals surface area contributed by atoms with Gasteiger partial charge in [0.1, 0.15) is 5.82 Å². The third-order valence-electron chi connectivity index (χ3n) is 3.92. The maximum absolute atomic E-state index is 12.9. The zero-order valence-electron chi connectivity index (χ0n) is 15.3. The molecule has 0 fully saturated rings. The minimum Gasteiger partial charge on any atom is -0.479 e. The first-order chi connectivity index (χ1) is 13.6. The summed E-state index contributed by atoms with van der Waals surface area (Å²) in [6.07, 6.45) is 0.00302. The Morgan fingerprint density at radius 1 is 1.07 bits per heavy atom. The number of hydrogen-bond acceptors (Lipinski definition) is 5. The molecule has 0 saturated heterocycles. The summed E-state index contributed by atoms with van der Waals surface area (Å²) in [5.74, 6) is -0.230. The molecule has 0 aliphatic carbocycles. The van der Waals surface area contributed by atoms with Crippen LogP contribution >= 0.6 is 0 Å².